The van der Waals surface area contributed by atoms with Crippen molar-refractivity contribution in [2.45, 2.75) is 77.0 Å². The number of pyridine rings is 4. The minimum absolute atomic E-state index is 0.0963. The van der Waals surface area contributed by atoms with Crippen molar-refractivity contribution in [3.8, 4) is 123 Å². The highest BCUT2D eigenvalue weighted by Gasteiger charge is 2.40. The lowest BCUT2D eigenvalue weighted by Gasteiger charge is -2.24. The molecule has 4 aliphatic carbocycles. The lowest BCUT2D eigenvalue weighted by atomic mass is 9.76. The van der Waals surface area contributed by atoms with E-state index < -0.39 is 7.12 Å². The van der Waals surface area contributed by atoms with Crippen LogP contribution < -0.4 is 5.46 Å². The summed E-state index contributed by atoms with van der Waals surface area (Å²) in [5.74, 6) is 0. The molecule has 6 nitrogen and oxygen atoms in total. The molecule has 8 heteroatoms. The number of benzene rings is 14. The molecule has 0 atom stereocenters. The van der Waals surface area contributed by atoms with Crippen molar-refractivity contribution in [2.75, 3.05) is 0 Å². The monoisotopic (exact) mass is 1560 g/mol. The Hall–Kier alpha value is -12.8. The van der Waals surface area contributed by atoms with Crippen LogP contribution in [-0.2, 0) is 21.7 Å². The molecule has 0 spiro atoms. The van der Waals surface area contributed by atoms with E-state index >= 15 is 0 Å². The summed E-state index contributed by atoms with van der Waals surface area (Å²) in [4.78, 5) is 17.7. The standard InChI is InChI=1S/C54H40N2.C44H35BO2.C10H7BrN2/c1-53(2)45-16-9-7-12-37(45)39-23-21-35(31-47(39)53)51-41-14-5-6-15-42(41)52(36-22-24-40-38-13-8-10-17-46(38)54(3,4)48(40)32-36)44-30-34(20-25-43(44)51)50-19-11-18-49(56-50)33-26-28-55-29-27-33;1-43(2)37-15-9-7-11-29(37)31-20-17-26(23-39(31)43)41-33-13-5-6-14-34(33)42(36-25-28(45(46)47)19-22-35(36)41)27-18-21-32-30-12-8-10-16-38(30)44(3,4)40(32)24-27;11-10-3-1-2-9(13-10)8-4-6-12-7-5-8/h5-32H,1-4H3;5-25,46-47H,1-4H3;1-7H. The molecule has 0 amide bonds. The van der Waals surface area contributed by atoms with E-state index in [-0.39, 0.29) is 21.7 Å². The van der Waals surface area contributed by atoms with E-state index in [2.05, 4.69) is 347 Å². The fourth-order valence-corrected chi connectivity index (χ4v) is 20.1. The second-order valence-electron chi connectivity index (χ2n) is 33.5. The van der Waals surface area contributed by atoms with Gasteiger partial charge in [0.1, 0.15) is 4.60 Å². The van der Waals surface area contributed by atoms with Crippen LogP contribution in [-0.4, -0.2) is 37.1 Å². The first-order chi connectivity index (χ1) is 56.3. The molecule has 2 N–H and O–H groups in total. The predicted octanol–water partition coefficient (Wildman–Crippen LogP) is 26.6. The Morgan fingerprint density at radius 2 is 0.517 bits per heavy atom. The van der Waals surface area contributed by atoms with Gasteiger partial charge in [-0.05, 0) is 277 Å². The van der Waals surface area contributed by atoms with Gasteiger partial charge in [0.25, 0.3) is 0 Å². The molecule has 0 bridgehead atoms. The van der Waals surface area contributed by atoms with Gasteiger partial charge in [0.05, 0.1) is 17.1 Å². The van der Waals surface area contributed by atoms with Crippen molar-refractivity contribution in [2.24, 2.45) is 0 Å². The van der Waals surface area contributed by atoms with Gasteiger partial charge in [-0.1, -0.05) is 292 Å². The highest BCUT2D eigenvalue weighted by Crippen LogP contribution is 2.57. The maximum atomic E-state index is 10.3. The molecule has 0 radical (unpaired) electrons. The van der Waals surface area contributed by atoms with Gasteiger partial charge < -0.3 is 10.0 Å². The van der Waals surface area contributed by atoms with E-state index in [1.807, 2.05) is 67.0 Å². The number of aromatic nitrogens is 4. The third kappa shape index (κ3) is 11.7. The quantitative estimate of drug-likeness (QED) is 0.0895. The van der Waals surface area contributed by atoms with Crippen LogP contribution in [0.15, 0.2) is 345 Å². The van der Waals surface area contributed by atoms with Crippen LogP contribution in [0.25, 0.3) is 166 Å². The van der Waals surface area contributed by atoms with Gasteiger partial charge in [0, 0.05) is 63.1 Å². The summed E-state index contributed by atoms with van der Waals surface area (Å²) in [7, 11) is -1.56. The van der Waals surface area contributed by atoms with E-state index in [0.29, 0.717) is 5.46 Å². The Morgan fingerprint density at radius 1 is 0.233 bits per heavy atom. The molecule has 556 valence electrons. The second kappa shape index (κ2) is 27.7. The third-order valence-electron chi connectivity index (χ3n) is 25.6. The number of hydrogen-bond acceptors (Lipinski definition) is 6. The lowest BCUT2D eigenvalue weighted by molar-refractivity contribution is 0.426. The Kier molecular flexibility index (Phi) is 17.3. The first kappa shape index (κ1) is 72.2. The minimum atomic E-state index is -1.56. The minimum Gasteiger partial charge on any atom is -0.423 e. The van der Waals surface area contributed by atoms with Crippen LogP contribution in [0, 0.1) is 0 Å². The van der Waals surface area contributed by atoms with Crippen molar-refractivity contribution in [3.63, 3.8) is 0 Å². The zero-order chi connectivity index (χ0) is 79.1. The normalized spacial score (nSPS) is 14.1. The van der Waals surface area contributed by atoms with Crippen LogP contribution in [0.2, 0.25) is 0 Å². The summed E-state index contributed by atoms with van der Waals surface area (Å²) in [5, 5.41) is 30.1. The SMILES string of the molecule is Brc1cccc(-c2ccncc2)n1.CC1(C)c2ccccc2-c2ccc(-c3c4ccccc4c(-c4ccc5c(c4)C(C)(C)c4ccccc4-5)c4cc(-c5cccc(-c6ccncc6)n5)ccc34)cc21.CC1(C)c2ccccc2-c2ccc(-c3c4ccccc4c(-c4ccc5c(c4)C(C)(C)c4ccccc4-5)c4cc(B(O)O)ccc34)cc21. The summed E-state index contributed by atoms with van der Waals surface area (Å²) < 4.78 is 0.849. The van der Waals surface area contributed by atoms with Crippen LogP contribution in [0.1, 0.15) is 99.9 Å². The fraction of sp³-hybridized carbons (Fsp3) is 0.111. The highest BCUT2D eigenvalue weighted by molar-refractivity contribution is 9.10. The molecule has 0 aliphatic heterocycles. The molecule has 14 aromatic carbocycles. The molecule has 116 heavy (non-hydrogen) atoms. The summed E-state index contributed by atoms with van der Waals surface area (Å²) in [5.41, 5.74) is 37.2. The number of hydrogen-bond donors (Lipinski definition) is 2. The van der Waals surface area contributed by atoms with Crippen LogP contribution in [0.3, 0.4) is 0 Å². The maximum Gasteiger partial charge on any atom is 0.488 e. The van der Waals surface area contributed by atoms with Crippen molar-refractivity contribution < 1.29 is 10.0 Å². The first-order valence-electron chi connectivity index (χ1n) is 40.0. The molecule has 4 aliphatic rings. The predicted molar refractivity (Wildman–Crippen MR) is 486 cm³/mol. The van der Waals surface area contributed by atoms with E-state index in [1.165, 1.54) is 149 Å². The zero-order valence-corrected chi connectivity index (χ0v) is 67.6. The maximum absolute atomic E-state index is 10.3. The second-order valence-corrected chi connectivity index (χ2v) is 34.3. The van der Waals surface area contributed by atoms with E-state index in [4.69, 9.17) is 4.98 Å². The third-order valence-corrected chi connectivity index (χ3v) is 26.0. The van der Waals surface area contributed by atoms with Gasteiger partial charge in [0.15, 0.2) is 0 Å². The molecule has 4 aromatic heterocycles. The molecule has 0 unspecified atom stereocenters. The van der Waals surface area contributed by atoms with Gasteiger partial charge in [-0.15, -0.1) is 0 Å². The molecule has 0 saturated carbocycles. The van der Waals surface area contributed by atoms with E-state index in [1.54, 1.807) is 12.4 Å². The van der Waals surface area contributed by atoms with Crippen molar-refractivity contribution in [1.29, 1.82) is 0 Å². The summed E-state index contributed by atoms with van der Waals surface area (Å²) in [6.07, 6.45) is 7.18. The van der Waals surface area contributed by atoms with Crippen LogP contribution in [0.5, 0.6) is 0 Å². The van der Waals surface area contributed by atoms with Gasteiger partial charge in [-0.2, -0.15) is 0 Å². The first-order valence-corrected chi connectivity index (χ1v) is 40.8. The molecular weight excluding hydrogens is 1480 g/mol. The van der Waals surface area contributed by atoms with E-state index in [0.717, 1.165) is 65.7 Å². The molecule has 18 aromatic rings. The van der Waals surface area contributed by atoms with Gasteiger partial charge in [-0.3, -0.25) is 9.97 Å². The van der Waals surface area contributed by atoms with Crippen molar-refractivity contribution in [3.05, 3.63) is 389 Å². The van der Waals surface area contributed by atoms with Crippen molar-refractivity contribution in [1.82, 2.24) is 19.9 Å². The smallest absolute Gasteiger partial charge is 0.423 e. The Morgan fingerprint density at radius 3 is 0.879 bits per heavy atom. The fourth-order valence-electron chi connectivity index (χ4n) is 19.7. The van der Waals surface area contributed by atoms with Gasteiger partial charge >= 0.3 is 7.12 Å². The molecular formula is C108H82BBrN4O2. The van der Waals surface area contributed by atoms with Crippen LogP contribution >= 0.6 is 15.9 Å². The Bertz CT molecular complexity index is 7080. The number of rotatable bonds is 8. The molecule has 4 heterocycles. The van der Waals surface area contributed by atoms with E-state index in [9.17, 15) is 10.0 Å². The highest BCUT2D eigenvalue weighted by atomic mass is 79.9. The van der Waals surface area contributed by atoms with Crippen molar-refractivity contribution >= 4 is 71.6 Å². The average Bonchev–Trinajstić information content (AvgIpc) is 1.21. The summed E-state index contributed by atoms with van der Waals surface area (Å²) in [6.45, 7) is 18.7. The largest absolute Gasteiger partial charge is 0.488 e. The Balaban J connectivity index is 0.000000131. The molecule has 22 rings (SSSR count). The zero-order valence-electron chi connectivity index (χ0n) is 66.0. The van der Waals surface area contributed by atoms with Crippen LogP contribution in [0.4, 0.5) is 0 Å². The lowest BCUT2D eigenvalue weighted by Crippen LogP contribution is -2.29. The molecule has 0 fully saturated rings. The summed E-state index contributed by atoms with van der Waals surface area (Å²) in [6, 6.07) is 114. The topological polar surface area (TPSA) is 92.0 Å². The summed E-state index contributed by atoms with van der Waals surface area (Å²) >= 11 is 3.33. The Labute approximate surface area is 685 Å². The van der Waals surface area contributed by atoms with Gasteiger partial charge in [-0.25, -0.2) is 9.97 Å². The number of nitrogens with zero attached hydrogens (tertiary/aromatic N) is 4. The molecule has 0 saturated heterocycles. The number of fused-ring (bicyclic) bond motifs is 16. The average molecular weight is 1560 g/mol. The number of halogens is 1. The van der Waals surface area contributed by atoms with Gasteiger partial charge in [0.2, 0.25) is 0 Å².